The molecule has 0 amide bonds. The van der Waals surface area contributed by atoms with E-state index in [1.165, 1.54) is 0 Å². The molecule has 0 saturated carbocycles. The van der Waals surface area contributed by atoms with Crippen LogP contribution in [0.5, 0.6) is 0 Å². The number of nitrogens with zero attached hydrogens (tertiary/aromatic N) is 1. The Balaban J connectivity index is 3.03. The number of aromatic nitrogens is 1. The van der Waals surface area contributed by atoms with Crippen molar-refractivity contribution >= 4 is 0 Å². The van der Waals surface area contributed by atoms with Crippen molar-refractivity contribution in [3.63, 3.8) is 0 Å². The Bertz CT molecular complexity index is 271. The fourth-order valence-corrected chi connectivity index (χ4v) is 0.942. The average Bonchev–Trinajstić information content (AvgIpc) is 2.05. The predicted octanol–water partition coefficient (Wildman–Crippen LogP) is 0.556. The van der Waals surface area contributed by atoms with Crippen molar-refractivity contribution in [2.75, 3.05) is 6.61 Å². The first-order valence-electron chi connectivity index (χ1n) is 3.90. The number of hydrogen-bond donors (Lipinski definition) is 2. The minimum absolute atomic E-state index is 0.0938. The molecular formula is C9H14N2O. The van der Waals surface area contributed by atoms with E-state index in [2.05, 4.69) is 4.98 Å². The van der Waals surface area contributed by atoms with E-state index in [0.29, 0.717) is 0 Å². The van der Waals surface area contributed by atoms with Gasteiger partial charge in [0.05, 0.1) is 17.8 Å². The second-order valence-electron chi connectivity index (χ2n) is 3.24. The molecule has 0 aliphatic carbocycles. The van der Waals surface area contributed by atoms with Gasteiger partial charge < -0.3 is 10.8 Å². The molecule has 0 unspecified atom stereocenters. The Labute approximate surface area is 72.2 Å². The van der Waals surface area contributed by atoms with Crippen molar-refractivity contribution in [3.05, 3.63) is 29.6 Å². The lowest BCUT2D eigenvalue weighted by Gasteiger charge is -2.20. The van der Waals surface area contributed by atoms with Crippen LogP contribution in [0.3, 0.4) is 0 Å². The van der Waals surface area contributed by atoms with Gasteiger partial charge in [-0.05, 0) is 26.0 Å². The highest BCUT2D eigenvalue weighted by molar-refractivity contribution is 5.17. The summed E-state index contributed by atoms with van der Waals surface area (Å²) in [5.74, 6) is 0. The van der Waals surface area contributed by atoms with Crippen molar-refractivity contribution in [2.24, 2.45) is 5.73 Å². The van der Waals surface area contributed by atoms with Gasteiger partial charge in [-0.1, -0.05) is 6.07 Å². The lowest BCUT2D eigenvalue weighted by molar-refractivity contribution is 0.206. The molecule has 3 nitrogen and oxygen atoms in total. The molecule has 66 valence electrons. The molecule has 0 bridgehead atoms. The number of rotatable bonds is 2. The van der Waals surface area contributed by atoms with Gasteiger partial charge in [0.25, 0.3) is 0 Å². The van der Waals surface area contributed by atoms with E-state index in [9.17, 15) is 0 Å². The van der Waals surface area contributed by atoms with Crippen LogP contribution in [-0.2, 0) is 5.54 Å². The Morgan fingerprint density at radius 1 is 1.58 bits per heavy atom. The summed E-state index contributed by atoms with van der Waals surface area (Å²) in [5.41, 5.74) is 6.70. The minimum Gasteiger partial charge on any atom is -0.394 e. The highest BCUT2D eigenvalue weighted by Gasteiger charge is 2.20. The first kappa shape index (κ1) is 9.16. The minimum atomic E-state index is -0.730. The van der Waals surface area contributed by atoms with E-state index in [1.54, 1.807) is 6.92 Å². The van der Waals surface area contributed by atoms with Gasteiger partial charge in [0.1, 0.15) is 0 Å². The summed E-state index contributed by atoms with van der Waals surface area (Å²) in [6, 6.07) is 5.61. The zero-order chi connectivity index (χ0) is 9.19. The van der Waals surface area contributed by atoms with E-state index in [-0.39, 0.29) is 6.61 Å². The summed E-state index contributed by atoms with van der Waals surface area (Å²) in [7, 11) is 0. The molecule has 12 heavy (non-hydrogen) atoms. The zero-order valence-electron chi connectivity index (χ0n) is 7.41. The molecule has 0 aliphatic rings. The Kier molecular flexibility index (Phi) is 2.45. The third-order valence-electron chi connectivity index (χ3n) is 1.80. The standard InChI is InChI=1S/C9H14N2O/c1-7-4-3-5-8(11-7)9(2,10)6-12/h3-5,12H,6,10H2,1-2H3/t9-/m1/s1. The molecule has 1 atom stereocenters. The molecule has 0 radical (unpaired) electrons. The lowest BCUT2D eigenvalue weighted by Crippen LogP contribution is -2.37. The molecule has 0 fully saturated rings. The molecule has 1 rings (SSSR count). The monoisotopic (exact) mass is 166 g/mol. The molecule has 3 heteroatoms. The van der Waals surface area contributed by atoms with Crippen molar-refractivity contribution in [1.29, 1.82) is 0 Å². The fourth-order valence-electron chi connectivity index (χ4n) is 0.942. The molecule has 1 heterocycles. The second-order valence-corrected chi connectivity index (χ2v) is 3.24. The molecule has 0 aliphatic heterocycles. The Hall–Kier alpha value is -0.930. The first-order valence-corrected chi connectivity index (χ1v) is 3.90. The second kappa shape index (κ2) is 3.21. The topological polar surface area (TPSA) is 59.1 Å². The molecular weight excluding hydrogens is 152 g/mol. The van der Waals surface area contributed by atoms with Crippen LogP contribution in [-0.4, -0.2) is 16.7 Å². The van der Waals surface area contributed by atoms with E-state index in [0.717, 1.165) is 11.4 Å². The van der Waals surface area contributed by atoms with Gasteiger partial charge in [0.15, 0.2) is 0 Å². The van der Waals surface area contributed by atoms with Crippen molar-refractivity contribution < 1.29 is 5.11 Å². The molecule has 3 N–H and O–H groups in total. The van der Waals surface area contributed by atoms with Crippen molar-refractivity contribution in [1.82, 2.24) is 4.98 Å². The fraction of sp³-hybridized carbons (Fsp3) is 0.444. The summed E-state index contributed by atoms with van der Waals surface area (Å²) in [4.78, 5) is 4.23. The van der Waals surface area contributed by atoms with Crippen molar-refractivity contribution in [3.8, 4) is 0 Å². The van der Waals surface area contributed by atoms with Crippen LogP contribution in [0.15, 0.2) is 18.2 Å². The number of aliphatic hydroxyl groups is 1. The number of nitrogens with two attached hydrogens (primary N) is 1. The van der Waals surface area contributed by atoms with E-state index < -0.39 is 5.54 Å². The molecule has 0 aromatic carbocycles. The van der Waals surface area contributed by atoms with Crippen molar-refractivity contribution in [2.45, 2.75) is 19.4 Å². The van der Waals surface area contributed by atoms with E-state index >= 15 is 0 Å². The van der Waals surface area contributed by atoms with Gasteiger partial charge >= 0.3 is 0 Å². The molecule has 0 saturated heterocycles. The van der Waals surface area contributed by atoms with Gasteiger partial charge in [-0.2, -0.15) is 0 Å². The SMILES string of the molecule is Cc1cccc([C@](C)(N)CO)n1. The van der Waals surface area contributed by atoms with Gasteiger partial charge in [-0.25, -0.2) is 0 Å². The zero-order valence-corrected chi connectivity index (χ0v) is 7.41. The molecule has 1 aromatic rings. The third kappa shape index (κ3) is 1.81. The first-order chi connectivity index (χ1) is 5.56. The van der Waals surface area contributed by atoms with Crippen LogP contribution in [0.2, 0.25) is 0 Å². The highest BCUT2D eigenvalue weighted by atomic mass is 16.3. The predicted molar refractivity (Wildman–Crippen MR) is 47.6 cm³/mol. The van der Waals surface area contributed by atoms with Gasteiger partial charge in [-0.15, -0.1) is 0 Å². The lowest BCUT2D eigenvalue weighted by atomic mass is 10.00. The number of pyridine rings is 1. The van der Waals surface area contributed by atoms with Crippen LogP contribution in [0, 0.1) is 6.92 Å². The van der Waals surface area contributed by atoms with Crippen LogP contribution in [0.1, 0.15) is 18.3 Å². The van der Waals surface area contributed by atoms with E-state index in [4.69, 9.17) is 10.8 Å². The summed E-state index contributed by atoms with van der Waals surface area (Å²) in [5, 5.41) is 8.97. The average molecular weight is 166 g/mol. The maximum atomic E-state index is 8.97. The number of hydrogen-bond acceptors (Lipinski definition) is 3. The maximum Gasteiger partial charge on any atom is 0.0789 e. The number of aliphatic hydroxyl groups excluding tert-OH is 1. The summed E-state index contributed by atoms with van der Waals surface area (Å²) >= 11 is 0. The van der Waals surface area contributed by atoms with E-state index in [1.807, 2.05) is 25.1 Å². The normalized spacial score (nSPS) is 15.7. The summed E-state index contributed by atoms with van der Waals surface area (Å²) in [6.07, 6.45) is 0. The van der Waals surface area contributed by atoms with Crippen LogP contribution < -0.4 is 5.73 Å². The maximum absolute atomic E-state index is 8.97. The molecule has 0 spiro atoms. The van der Waals surface area contributed by atoms with Gasteiger partial charge in [0, 0.05) is 5.69 Å². The Morgan fingerprint density at radius 3 is 2.75 bits per heavy atom. The largest absolute Gasteiger partial charge is 0.394 e. The summed E-state index contributed by atoms with van der Waals surface area (Å²) in [6.45, 7) is 3.56. The smallest absolute Gasteiger partial charge is 0.0789 e. The molecule has 1 aromatic heterocycles. The number of aryl methyl sites for hydroxylation is 1. The summed E-state index contributed by atoms with van der Waals surface area (Å²) < 4.78 is 0. The van der Waals surface area contributed by atoms with Gasteiger partial charge in [0.2, 0.25) is 0 Å². The van der Waals surface area contributed by atoms with Crippen LogP contribution >= 0.6 is 0 Å². The van der Waals surface area contributed by atoms with Crippen LogP contribution in [0.25, 0.3) is 0 Å². The quantitative estimate of drug-likeness (QED) is 0.674. The third-order valence-corrected chi connectivity index (χ3v) is 1.80. The van der Waals surface area contributed by atoms with Gasteiger partial charge in [-0.3, -0.25) is 4.98 Å². The highest BCUT2D eigenvalue weighted by Crippen LogP contribution is 2.13. The van der Waals surface area contributed by atoms with Crippen LogP contribution in [0.4, 0.5) is 0 Å². The Morgan fingerprint density at radius 2 is 2.25 bits per heavy atom.